The highest BCUT2D eigenvalue weighted by Gasteiger charge is 1.91. The molecule has 16 heavy (non-hydrogen) atoms. The van der Waals surface area contributed by atoms with E-state index in [0.717, 1.165) is 5.56 Å². The number of methoxy groups -OCH3 is 1. The maximum atomic E-state index is 4.98. The van der Waals surface area contributed by atoms with Gasteiger partial charge in [0.05, 0.1) is 12.8 Å². The van der Waals surface area contributed by atoms with Crippen molar-refractivity contribution in [1.29, 1.82) is 0 Å². The summed E-state index contributed by atoms with van der Waals surface area (Å²) in [5.74, 6) is 0. The van der Waals surface area contributed by atoms with Gasteiger partial charge < -0.3 is 10.1 Å². The summed E-state index contributed by atoms with van der Waals surface area (Å²) in [6, 6.07) is 3.75. The Kier molecular flexibility index (Phi) is 6.05. The molecule has 6 heteroatoms. The average molecular weight is 238 g/mol. The van der Waals surface area contributed by atoms with Gasteiger partial charge in [-0.05, 0) is 18.3 Å². The molecule has 1 heterocycles. The first-order valence-electron chi connectivity index (χ1n) is 4.79. The number of thiocarbonyl (C=S) groups is 1. The monoisotopic (exact) mass is 238 g/mol. The van der Waals surface area contributed by atoms with Crippen LogP contribution < -0.4 is 10.7 Å². The second kappa shape index (κ2) is 7.72. The molecule has 0 saturated carbocycles. The first-order chi connectivity index (χ1) is 7.83. The van der Waals surface area contributed by atoms with Crippen molar-refractivity contribution in [3.05, 3.63) is 30.1 Å². The van der Waals surface area contributed by atoms with E-state index in [2.05, 4.69) is 20.8 Å². The summed E-state index contributed by atoms with van der Waals surface area (Å²) in [4.78, 5) is 3.96. The molecule has 0 fully saturated rings. The fraction of sp³-hybridized carbons (Fsp3) is 0.300. The summed E-state index contributed by atoms with van der Waals surface area (Å²) in [6.07, 6.45) is 5.07. The number of aromatic nitrogens is 1. The Morgan fingerprint density at radius 3 is 3.25 bits per heavy atom. The zero-order valence-corrected chi connectivity index (χ0v) is 9.83. The number of ether oxygens (including phenoxy) is 1. The highest BCUT2D eigenvalue weighted by atomic mass is 32.1. The quantitative estimate of drug-likeness (QED) is 0.339. The molecule has 0 saturated heterocycles. The zero-order chi connectivity index (χ0) is 11.6. The predicted molar refractivity (Wildman–Crippen MR) is 67.4 cm³/mol. The molecule has 1 aromatic rings. The fourth-order valence-electron chi connectivity index (χ4n) is 0.924. The molecular formula is C10H14N4OS. The molecule has 0 aromatic carbocycles. The van der Waals surface area contributed by atoms with Gasteiger partial charge in [-0.2, -0.15) is 5.10 Å². The van der Waals surface area contributed by atoms with E-state index in [0.29, 0.717) is 18.3 Å². The molecule has 0 bridgehead atoms. The third-order valence-electron chi connectivity index (χ3n) is 1.66. The highest BCUT2D eigenvalue weighted by molar-refractivity contribution is 7.80. The lowest BCUT2D eigenvalue weighted by molar-refractivity contribution is 0.204. The summed E-state index contributed by atoms with van der Waals surface area (Å²) >= 11 is 4.98. The summed E-state index contributed by atoms with van der Waals surface area (Å²) in [5, 5.41) is 7.37. The molecule has 0 unspecified atom stereocenters. The third kappa shape index (κ3) is 5.38. The molecule has 1 aromatic heterocycles. The van der Waals surface area contributed by atoms with Gasteiger partial charge in [-0.15, -0.1) is 0 Å². The number of nitrogens with one attached hydrogen (secondary N) is 2. The molecule has 0 amide bonds. The van der Waals surface area contributed by atoms with Gasteiger partial charge in [0.15, 0.2) is 5.11 Å². The Labute approximate surface area is 99.9 Å². The van der Waals surface area contributed by atoms with Crippen LogP contribution in [0.2, 0.25) is 0 Å². The largest absolute Gasteiger partial charge is 0.383 e. The topological polar surface area (TPSA) is 58.5 Å². The average Bonchev–Trinajstić information content (AvgIpc) is 2.31. The first kappa shape index (κ1) is 12.5. The van der Waals surface area contributed by atoms with E-state index in [1.165, 1.54) is 0 Å². The Morgan fingerprint density at radius 2 is 2.56 bits per heavy atom. The van der Waals surface area contributed by atoms with Gasteiger partial charge in [-0.3, -0.25) is 10.4 Å². The van der Waals surface area contributed by atoms with Crippen LogP contribution in [0.5, 0.6) is 0 Å². The molecule has 0 aliphatic rings. The van der Waals surface area contributed by atoms with Gasteiger partial charge in [0, 0.05) is 31.6 Å². The standard InChI is InChI=1S/C10H14N4OS/c1-15-6-5-12-10(16)14-13-8-9-3-2-4-11-7-9/h2-4,7-8H,5-6H2,1H3,(H2,12,14,16). The van der Waals surface area contributed by atoms with Crippen LogP contribution in [0.25, 0.3) is 0 Å². The minimum Gasteiger partial charge on any atom is -0.383 e. The van der Waals surface area contributed by atoms with Crippen LogP contribution in [-0.4, -0.2) is 36.6 Å². The van der Waals surface area contributed by atoms with E-state index >= 15 is 0 Å². The third-order valence-corrected chi connectivity index (χ3v) is 1.89. The van der Waals surface area contributed by atoms with Crippen molar-refractivity contribution in [3.63, 3.8) is 0 Å². The molecule has 0 spiro atoms. The summed E-state index contributed by atoms with van der Waals surface area (Å²) in [7, 11) is 1.64. The zero-order valence-electron chi connectivity index (χ0n) is 9.01. The maximum Gasteiger partial charge on any atom is 0.187 e. The van der Waals surface area contributed by atoms with Crippen molar-refractivity contribution in [1.82, 2.24) is 15.7 Å². The lowest BCUT2D eigenvalue weighted by Crippen LogP contribution is -2.34. The van der Waals surface area contributed by atoms with Crippen LogP contribution in [0.15, 0.2) is 29.6 Å². The lowest BCUT2D eigenvalue weighted by Gasteiger charge is -2.05. The van der Waals surface area contributed by atoms with Crippen molar-refractivity contribution in [2.24, 2.45) is 5.10 Å². The summed E-state index contributed by atoms with van der Waals surface area (Å²) < 4.78 is 4.87. The SMILES string of the molecule is COCCNC(=S)NN=Cc1cccnc1. The van der Waals surface area contributed by atoms with Crippen LogP contribution in [0.1, 0.15) is 5.56 Å². The van der Waals surface area contributed by atoms with Crippen molar-refractivity contribution >= 4 is 23.5 Å². The van der Waals surface area contributed by atoms with E-state index in [1.54, 1.807) is 25.7 Å². The summed E-state index contributed by atoms with van der Waals surface area (Å²) in [5.41, 5.74) is 3.61. The van der Waals surface area contributed by atoms with Crippen LogP contribution in [0, 0.1) is 0 Å². The molecule has 2 N–H and O–H groups in total. The smallest absolute Gasteiger partial charge is 0.187 e. The Hall–Kier alpha value is -1.53. The van der Waals surface area contributed by atoms with Crippen molar-refractivity contribution < 1.29 is 4.74 Å². The molecule has 0 radical (unpaired) electrons. The Bertz CT molecular complexity index is 342. The highest BCUT2D eigenvalue weighted by Crippen LogP contribution is 1.89. The number of pyridine rings is 1. The minimum atomic E-state index is 0.470. The van der Waals surface area contributed by atoms with E-state index in [4.69, 9.17) is 17.0 Å². The molecule has 5 nitrogen and oxygen atoms in total. The first-order valence-corrected chi connectivity index (χ1v) is 5.19. The van der Waals surface area contributed by atoms with Crippen molar-refractivity contribution in [2.45, 2.75) is 0 Å². The normalized spacial score (nSPS) is 10.3. The molecule has 1 rings (SSSR count). The number of rotatable bonds is 5. The molecular weight excluding hydrogens is 224 g/mol. The number of hydrazone groups is 1. The predicted octanol–water partition coefficient (Wildman–Crippen LogP) is 0.526. The van der Waals surface area contributed by atoms with Gasteiger partial charge >= 0.3 is 0 Å². The van der Waals surface area contributed by atoms with E-state index in [-0.39, 0.29) is 0 Å². The van der Waals surface area contributed by atoms with Crippen LogP contribution in [0.3, 0.4) is 0 Å². The van der Waals surface area contributed by atoms with Crippen LogP contribution in [0.4, 0.5) is 0 Å². The van der Waals surface area contributed by atoms with E-state index in [9.17, 15) is 0 Å². The van der Waals surface area contributed by atoms with Crippen molar-refractivity contribution in [2.75, 3.05) is 20.3 Å². The van der Waals surface area contributed by atoms with E-state index in [1.807, 2.05) is 12.1 Å². The Morgan fingerprint density at radius 1 is 1.69 bits per heavy atom. The lowest BCUT2D eigenvalue weighted by atomic mass is 10.3. The van der Waals surface area contributed by atoms with Gasteiger partial charge in [-0.1, -0.05) is 6.07 Å². The Balaban J connectivity index is 2.24. The van der Waals surface area contributed by atoms with Crippen molar-refractivity contribution in [3.8, 4) is 0 Å². The maximum absolute atomic E-state index is 4.98. The summed E-state index contributed by atoms with van der Waals surface area (Å²) in [6.45, 7) is 1.26. The fourth-order valence-corrected chi connectivity index (χ4v) is 1.08. The second-order valence-corrected chi connectivity index (χ2v) is 3.31. The second-order valence-electron chi connectivity index (χ2n) is 2.91. The molecule has 0 atom stereocenters. The van der Waals surface area contributed by atoms with Crippen LogP contribution in [-0.2, 0) is 4.74 Å². The minimum absolute atomic E-state index is 0.470. The number of hydrogen-bond acceptors (Lipinski definition) is 4. The molecule has 0 aliphatic carbocycles. The molecule has 86 valence electrons. The van der Waals surface area contributed by atoms with Gasteiger partial charge in [-0.25, -0.2) is 0 Å². The van der Waals surface area contributed by atoms with Gasteiger partial charge in [0.2, 0.25) is 0 Å². The number of nitrogens with zero attached hydrogens (tertiary/aromatic N) is 2. The van der Waals surface area contributed by atoms with Crippen LogP contribution >= 0.6 is 12.2 Å². The van der Waals surface area contributed by atoms with Gasteiger partial charge in [0.25, 0.3) is 0 Å². The van der Waals surface area contributed by atoms with Gasteiger partial charge in [0.1, 0.15) is 0 Å². The number of hydrogen-bond donors (Lipinski definition) is 2. The molecule has 0 aliphatic heterocycles. The van der Waals surface area contributed by atoms with E-state index < -0.39 is 0 Å².